The molecule has 0 aliphatic heterocycles. The number of Topliss-reactive ketones (excluding diaryl/α,β-unsaturated/α-hetero) is 1. The van der Waals surface area contributed by atoms with E-state index in [-0.39, 0.29) is 11.7 Å². The average Bonchev–Trinajstić information content (AvgIpc) is 2.00. The van der Waals surface area contributed by atoms with Crippen molar-refractivity contribution in [1.82, 2.24) is 5.43 Å². The molecule has 86 valence electrons. The predicted octanol–water partition coefficient (Wildman–Crippen LogP) is 1.75. The van der Waals surface area contributed by atoms with Gasteiger partial charge in [0.1, 0.15) is 0 Å². The van der Waals surface area contributed by atoms with Crippen LogP contribution < -0.4 is 5.43 Å². The summed E-state index contributed by atoms with van der Waals surface area (Å²) in [5.41, 5.74) is 1.38. The van der Waals surface area contributed by atoms with Crippen LogP contribution in [-0.4, -0.2) is 17.9 Å². The van der Waals surface area contributed by atoms with Gasteiger partial charge in [-0.05, 0) is 0 Å². The van der Waals surface area contributed by atoms with E-state index in [1.165, 1.54) is 0 Å². The van der Waals surface area contributed by atoms with Crippen molar-refractivity contribution in [3.8, 4) is 0 Å². The van der Waals surface area contributed by atoms with Gasteiger partial charge in [0.05, 0.1) is 6.21 Å². The van der Waals surface area contributed by atoms with Crippen LogP contribution in [0.3, 0.4) is 0 Å². The van der Waals surface area contributed by atoms with E-state index in [4.69, 9.17) is 0 Å². The molecular weight excluding hydrogens is 192 g/mol. The fourth-order valence-corrected chi connectivity index (χ4v) is 0.511. The van der Waals surface area contributed by atoms with E-state index >= 15 is 0 Å². The van der Waals surface area contributed by atoms with Crippen LogP contribution >= 0.6 is 0 Å². The molecule has 0 spiro atoms. The van der Waals surface area contributed by atoms with Gasteiger partial charge < -0.3 is 0 Å². The second-order valence-electron chi connectivity index (χ2n) is 5.56. The highest BCUT2D eigenvalue weighted by Crippen LogP contribution is 2.13. The first-order chi connectivity index (χ1) is 6.55. The number of carbonyl (C=O) groups excluding carboxylic acids is 2. The average molecular weight is 212 g/mol. The lowest BCUT2D eigenvalue weighted by Crippen LogP contribution is -2.32. The van der Waals surface area contributed by atoms with Gasteiger partial charge in [0.15, 0.2) is 5.78 Å². The summed E-state index contributed by atoms with van der Waals surface area (Å²) >= 11 is 0. The Balaban J connectivity index is 4.25. The molecule has 1 N–H and O–H groups in total. The molecule has 0 aromatic rings. The van der Waals surface area contributed by atoms with E-state index in [1.807, 2.05) is 0 Å². The van der Waals surface area contributed by atoms with Crippen molar-refractivity contribution in [3.63, 3.8) is 0 Å². The zero-order valence-electron chi connectivity index (χ0n) is 10.3. The van der Waals surface area contributed by atoms with E-state index < -0.39 is 10.8 Å². The quantitative estimate of drug-likeness (QED) is 0.560. The molecule has 1 amide bonds. The second-order valence-corrected chi connectivity index (χ2v) is 5.56. The Kier molecular flexibility index (Phi) is 4.19. The molecule has 0 atom stereocenters. The molecule has 15 heavy (non-hydrogen) atoms. The molecule has 0 aromatic carbocycles. The molecule has 0 aliphatic rings. The number of hydrazone groups is 1. The van der Waals surface area contributed by atoms with Gasteiger partial charge in [0.25, 0.3) is 0 Å². The summed E-state index contributed by atoms with van der Waals surface area (Å²) in [4.78, 5) is 22.8. The second kappa shape index (κ2) is 4.55. The first-order valence-electron chi connectivity index (χ1n) is 4.93. The minimum absolute atomic E-state index is 0.114. The summed E-state index contributed by atoms with van der Waals surface area (Å²) in [6, 6.07) is 0. The summed E-state index contributed by atoms with van der Waals surface area (Å²) in [5.74, 6) is -0.322. The Morgan fingerprint density at radius 1 is 1.00 bits per heavy atom. The van der Waals surface area contributed by atoms with Crippen molar-refractivity contribution in [2.45, 2.75) is 41.5 Å². The maximum atomic E-state index is 11.4. The molecule has 0 unspecified atom stereocenters. The van der Waals surface area contributed by atoms with Crippen molar-refractivity contribution < 1.29 is 9.59 Å². The van der Waals surface area contributed by atoms with Crippen molar-refractivity contribution in [2.24, 2.45) is 15.9 Å². The summed E-state index contributed by atoms with van der Waals surface area (Å²) in [7, 11) is 0. The summed E-state index contributed by atoms with van der Waals surface area (Å²) in [5, 5.41) is 3.63. The molecular formula is C11H20N2O2. The summed E-state index contributed by atoms with van der Waals surface area (Å²) < 4.78 is 0. The third kappa shape index (κ3) is 5.30. The smallest absolute Gasteiger partial charge is 0.245 e. The van der Waals surface area contributed by atoms with Crippen LogP contribution in [0.1, 0.15) is 41.5 Å². The van der Waals surface area contributed by atoms with Gasteiger partial charge >= 0.3 is 0 Å². The highest BCUT2D eigenvalue weighted by molar-refractivity contribution is 6.29. The van der Waals surface area contributed by atoms with Crippen molar-refractivity contribution in [2.75, 3.05) is 0 Å². The molecule has 0 rings (SSSR count). The maximum absolute atomic E-state index is 11.4. The van der Waals surface area contributed by atoms with Gasteiger partial charge in [-0.15, -0.1) is 0 Å². The monoisotopic (exact) mass is 212 g/mol. The molecule has 0 radical (unpaired) electrons. The van der Waals surface area contributed by atoms with E-state index in [0.717, 1.165) is 6.21 Å². The molecule has 0 fully saturated rings. The Morgan fingerprint density at radius 3 is 1.80 bits per heavy atom. The molecule has 0 aromatic heterocycles. The minimum Gasteiger partial charge on any atom is -0.292 e. The van der Waals surface area contributed by atoms with Gasteiger partial charge in [-0.3, -0.25) is 9.59 Å². The van der Waals surface area contributed by atoms with Crippen LogP contribution in [0.15, 0.2) is 5.10 Å². The van der Waals surface area contributed by atoms with Gasteiger partial charge in [-0.1, -0.05) is 41.5 Å². The standard InChI is InChI=1S/C11H20N2O2/c1-10(2,3)8(14)7-12-13-9(15)11(4,5)6/h7H,1-6H3,(H,13,15)/b12-7+. The van der Waals surface area contributed by atoms with Crippen LogP contribution in [0.2, 0.25) is 0 Å². The third-order valence-corrected chi connectivity index (χ3v) is 1.77. The van der Waals surface area contributed by atoms with Crippen LogP contribution in [-0.2, 0) is 9.59 Å². The van der Waals surface area contributed by atoms with Crippen LogP contribution in [0.5, 0.6) is 0 Å². The molecule has 0 bridgehead atoms. The first-order valence-corrected chi connectivity index (χ1v) is 4.93. The van der Waals surface area contributed by atoms with Gasteiger partial charge in [-0.25, -0.2) is 5.43 Å². The van der Waals surface area contributed by atoms with E-state index in [9.17, 15) is 9.59 Å². The number of hydrogen-bond acceptors (Lipinski definition) is 3. The largest absolute Gasteiger partial charge is 0.292 e. The van der Waals surface area contributed by atoms with E-state index in [1.54, 1.807) is 41.5 Å². The fraction of sp³-hybridized carbons (Fsp3) is 0.727. The predicted molar refractivity (Wildman–Crippen MR) is 60.6 cm³/mol. The zero-order valence-corrected chi connectivity index (χ0v) is 10.3. The maximum Gasteiger partial charge on any atom is 0.245 e. The number of amides is 1. The van der Waals surface area contributed by atoms with Crippen LogP contribution in [0.25, 0.3) is 0 Å². The Hall–Kier alpha value is -1.19. The van der Waals surface area contributed by atoms with Gasteiger partial charge in [0.2, 0.25) is 5.91 Å². The highest BCUT2D eigenvalue weighted by Gasteiger charge is 2.21. The molecule has 0 saturated carbocycles. The Bertz CT molecular complexity index is 280. The molecule has 0 heterocycles. The molecule has 4 nitrogen and oxygen atoms in total. The van der Waals surface area contributed by atoms with Crippen LogP contribution in [0.4, 0.5) is 0 Å². The lowest BCUT2D eigenvalue weighted by Gasteiger charge is -2.15. The lowest BCUT2D eigenvalue weighted by molar-refractivity contribution is -0.128. The summed E-state index contributed by atoms with van der Waals surface area (Å²) in [6.07, 6.45) is 1.16. The highest BCUT2D eigenvalue weighted by atomic mass is 16.2. The fourth-order valence-electron chi connectivity index (χ4n) is 0.511. The SMILES string of the molecule is CC(C)(C)C(=O)/C=N/NC(=O)C(C)(C)C. The first kappa shape index (κ1) is 13.8. The lowest BCUT2D eigenvalue weighted by atomic mass is 9.92. The van der Waals surface area contributed by atoms with Gasteiger partial charge in [-0.2, -0.15) is 5.10 Å². The normalized spacial score (nSPS) is 12.9. The van der Waals surface area contributed by atoms with E-state index in [2.05, 4.69) is 10.5 Å². The number of carbonyl (C=O) groups is 2. The molecule has 0 saturated heterocycles. The van der Waals surface area contributed by atoms with Crippen molar-refractivity contribution in [1.29, 1.82) is 0 Å². The Labute approximate surface area is 91.1 Å². The number of nitrogens with zero attached hydrogens (tertiary/aromatic N) is 1. The number of rotatable bonds is 2. The Morgan fingerprint density at radius 2 is 1.47 bits per heavy atom. The topological polar surface area (TPSA) is 58.5 Å². The number of ketones is 1. The third-order valence-electron chi connectivity index (χ3n) is 1.77. The van der Waals surface area contributed by atoms with Crippen LogP contribution in [0, 0.1) is 10.8 Å². The van der Waals surface area contributed by atoms with E-state index in [0.29, 0.717) is 0 Å². The number of hydrogen-bond donors (Lipinski definition) is 1. The minimum atomic E-state index is -0.498. The summed E-state index contributed by atoms with van der Waals surface area (Å²) in [6.45, 7) is 10.7. The number of nitrogens with one attached hydrogen (secondary N) is 1. The zero-order chi connectivity index (χ0) is 12.3. The molecule has 0 aliphatic carbocycles. The van der Waals surface area contributed by atoms with Crippen molar-refractivity contribution >= 4 is 17.9 Å². The van der Waals surface area contributed by atoms with Gasteiger partial charge in [0, 0.05) is 10.8 Å². The van der Waals surface area contributed by atoms with Crippen molar-refractivity contribution in [3.05, 3.63) is 0 Å². The molecule has 4 heteroatoms.